The maximum atomic E-state index is 3.48. The smallest absolute Gasteiger partial charge is 0.0374 e. The van der Waals surface area contributed by atoms with Crippen LogP contribution in [-0.4, -0.2) is 24.0 Å². The zero-order valence-electron chi connectivity index (χ0n) is 11.8. The number of nitrogens with zero attached hydrogens (tertiary/aromatic N) is 1. The molecular formula is C16H27N. The number of hydrogen-bond donors (Lipinski definition) is 0. The quantitative estimate of drug-likeness (QED) is 0.658. The highest BCUT2D eigenvalue weighted by molar-refractivity contribution is 5.16. The molecule has 1 aliphatic heterocycles. The second-order valence-electron chi connectivity index (χ2n) is 6.89. The molecular weight excluding hydrogens is 206 g/mol. The third-order valence-corrected chi connectivity index (χ3v) is 3.90. The number of rotatable bonds is 2. The molecule has 96 valence electrons. The molecule has 17 heavy (non-hydrogen) atoms. The Hall–Kier alpha value is -0.480. The van der Waals surface area contributed by atoms with Crippen LogP contribution in [0.2, 0.25) is 0 Å². The van der Waals surface area contributed by atoms with Crippen LogP contribution in [0.15, 0.2) is 0 Å². The van der Waals surface area contributed by atoms with E-state index in [1.54, 1.807) is 0 Å². The summed E-state index contributed by atoms with van der Waals surface area (Å²) in [6.07, 6.45) is 7.88. The largest absolute Gasteiger partial charge is 0.299 e. The van der Waals surface area contributed by atoms with E-state index in [9.17, 15) is 0 Å². The molecule has 2 aliphatic rings. The van der Waals surface area contributed by atoms with Gasteiger partial charge >= 0.3 is 0 Å². The lowest BCUT2D eigenvalue weighted by atomic mass is 9.91. The summed E-state index contributed by atoms with van der Waals surface area (Å²) in [6.45, 7) is 9.53. The monoisotopic (exact) mass is 233 g/mol. The van der Waals surface area contributed by atoms with Crippen LogP contribution < -0.4 is 0 Å². The Bertz CT molecular complexity index is 296. The van der Waals surface area contributed by atoms with Crippen molar-refractivity contribution in [1.82, 2.24) is 4.90 Å². The van der Waals surface area contributed by atoms with Crippen molar-refractivity contribution in [2.24, 2.45) is 11.3 Å². The summed E-state index contributed by atoms with van der Waals surface area (Å²) in [4.78, 5) is 2.67. The fourth-order valence-corrected chi connectivity index (χ4v) is 2.63. The predicted octanol–water partition coefficient (Wildman–Crippen LogP) is 3.69. The molecule has 0 aromatic heterocycles. The molecule has 2 rings (SSSR count). The standard InChI is InChI=1S/C16H27N/c1-16(2,3)10-6-5-9-14-13-15(14)17-11-7-4-8-12-17/h14-15H,4,6-8,10-13H2,1-3H3. The Morgan fingerprint density at radius 2 is 1.82 bits per heavy atom. The van der Waals surface area contributed by atoms with E-state index in [0.29, 0.717) is 11.3 Å². The average molecular weight is 233 g/mol. The van der Waals surface area contributed by atoms with Gasteiger partial charge in [-0.25, -0.2) is 0 Å². The highest BCUT2D eigenvalue weighted by Crippen LogP contribution is 2.36. The predicted molar refractivity (Wildman–Crippen MR) is 73.8 cm³/mol. The minimum absolute atomic E-state index is 0.435. The van der Waals surface area contributed by atoms with Gasteiger partial charge in [0, 0.05) is 18.4 Å². The molecule has 2 fully saturated rings. The Balaban J connectivity index is 1.67. The minimum Gasteiger partial charge on any atom is -0.299 e. The van der Waals surface area contributed by atoms with E-state index in [0.717, 1.165) is 12.5 Å². The molecule has 0 aromatic carbocycles. The van der Waals surface area contributed by atoms with Crippen molar-refractivity contribution in [3.8, 4) is 11.8 Å². The summed E-state index contributed by atoms with van der Waals surface area (Å²) in [5.74, 6) is 7.58. The van der Waals surface area contributed by atoms with Gasteiger partial charge in [0.25, 0.3) is 0 Å². The fourth-order valence-electron chi connectivity index (χ4n) is 2.63. The summed E-state index contributed by atoms with van der Waals surface area (Å²) in [5, 5.41) is 0. The first-order valence-electron chi connectivity index (χ1n) is 7.29. The van der Waals surface area contributed by atoms with Crippen molar-refractivity contribution >= 4 is 0 Å². The van der Waals surface area contributed by atoms with E-state index in [-0.39, 0.29) is 0 Å². The molecule has 1 heterocycles. The van der Waals surface area contributed by atoms with Crippen LogP contribution in [0.25, 0.3) is 0 Å². The lowest BCUT2D eigenvalue weighted by Gasteiger charge is -2.26. The van der Waals surface area contributed by atoms with Gasteiger partial charge in [-0.1, -0.05) is 33.1 Å². The molecule has 0 amide bonds. The van der Waals surface area contributed by atoms with Crippen molar-refractivity contribution in [1.29, 1.82) is 0 Å². The van der Waals surface area contributed by atoms with E-state index in [1.807, 2.05) is 0 Å². The van der Waals surface area contributed by atoms with Crippen molar-refractivity contribution in [3.63, 3.8) is 0 Å². The summed E-state index contributed by atoms with van der Waals surface area (Å²) in [6, 6.07) is 0.817. The summed E-state index contributed by atoms with van der Waals surface area (Å²) in [5.41, 5.74) is 0.435. The Morgan fingerprint density at radius 1 is 1.12 bits per heavy atom. The van der Waals surface area contributed by atoms with Crippen LogP contribution in [0.1, 0.15) is 59.3 Å². The van der Waals surface area contributed by atoms with Crippen LogP contribution in [0, 0.1) is 23.2 Å². The molecule has 2 unspecified atom stereocenters. The lowest BCUT2D eigenvalue weighted by Crippen LogP contribution is -2.32. The van der Waals surface area contributed by atoms with E-state index in [1.165, 1.54) is 45.2 Å². The average Bonchev–Trinajstić information content (AvgIpc) is 3.04. The van der Waals surface area contributed by atoms with Crippen LogP contribution in [0.5, 0.6) is 0 Å². The molecule has 0 bridgehead atoms. The molecule has 0 spiro atoms. The van der Waals surface area contributed by atoms with Gasteiger partial charge in [-0.15, -0.1) is 5.92 Å². The van der Waals surface area contributed by atoms with Gasteiger partial charge < -0.3 is 0 Å². The number of piperidine rings is 1. The SMILES string of the molecule is CC(C)(C)CCC#CC1CC1N1CCCCC1. The molecule has 0 radical (unpaired) electrons. The second-order valence-corrected chi connectivity index (χ2v) is 6.89. The van der Waals surface area contributed by atoms with Crippen LogP contribution in [0.4, 0.5) is 0 Å². The molecule has 1 saturated carbocycles. The molecule has 1 aliphatic carbocycles. The first kappa shape index (κ1) is 13.0. The van der Waals surface area contributed by atoms with Crippen molar-refractivity contribution in [3.05, 3.63) is 0 Å². The lowest BCUT2D eigenvalue weighted by molar-refractivity contribution is 0.214. The van der Waals surface area contributed by atoms with Gasteiger partial charge in [0.15, 0.2) is 0 Å². The number of likely N-dealkylation sites (tertiary alicyclic amines) is 1. The van der Waals surface area contributed by atoms with E-state index >= 15 is 0 Å². The first-order chi connectivity index (χ1) is 8.06. The molecule has 1 nitrogen and oxygen atoms in total. The van der Waals surface area contributed by atoms with E-state index in [4.69, 9.17) is 0 Å². The minimum atomic E-state index is 0.435. The number of hydrogen-bond acceptors (Lipinski definition) is 1. The third kappa shape index (κ3) is 4.36. The van der Waals surface area contributed by atoms with Gasteiger partial charge in [-0.2, -0.15) is 0 Å². The molecule has 2 atom stereocenters. The molecule has 0 N–H and O–H groups in total. The maximum absolute atomic E-state index is 3.48. The van der Waals surface area contributed by atoms with Crippen molar-refractivity contribution in [2.45, 2.75) is 65.3 Å². The topological polar surface area (TPSA) is 3.24 Å². The van der Waals surface area contributed by atoms with Gasteiger partial charge in [0.05, 0.1) is 0 Å². The van der Waals surface area contributed by atoms with E-state index < -0.39 is 0 Å². The maximum Gasteiger partial charge on any atom is 0.0374 e. The van der Waals surface area contributed by atoms with Crippen LogP contribution in [0.3, 0.4) is 0 Å². The van der Waals surface area contributed by atoms with Crippen molar-refractivity contribution < 1.29 is 0 Å². The third-order valence-electron chi connectivity index (χ3n) is 3.90. The zero-order chi connectivity index (χ0) is 12.3. The molecule has 1 saturated heterocycles. The zero-order valence-corrected chi connectivity index (χ0v) is 11.8. The normalized spacial score (nSPS) is 29.6. The van der Waals surface area contributed by atoms with Gasteiger partial charge in [-0.05, 0) is 44.2 Å². The molecule has 0 aromatic rings. The van der Waals surface area contributed by atoms with Gasteiger partial charge in [0.2, 0.25) is 0 Å². The first-order valence-corrected chi connectivity index (χ1v) is 7.29. The van der Waals surface area contributed by atoms with Gasteiger partial charge in [-0.3, -0.25) is 4.90 Å². The van der Waals surface area contributed by atoms with Crippen LogP contribution >= 0.6 is 0 Å². The summed E-state index contributed by atoms with van der Waals surface area (Å²) < 4.78 is 0. The Morgan fingerprint density at radius 3 is 2.47 bits per heavy atom. The highest BCUT2D eigenvalue weighted by atomic mass is 15.2. The van der Waals surface area contributed by atoms with Crippen molar-refractivity contribution in [2.75, 3.05) is 13.1 Å². The Kier molecular flexibility index (Phi) is 4.15. The fraction of sp³-hybridized carbons (Fsp3) is 0.875. The van der Waals surface area contributed by atoms with Crippen LogP contribution in [-0.2, 0) is 0 Å². The van der Waals surface area contributed by atoms with Gasteiger partial charge in [0.1, 0.15) is 0 Å². The van der Waals surface area contributed by atoms with E-state index in [2.05, 4.69) is 37.5 Å². The highest BCUT2D eigenvalue weighted by Gasteiger charge is 2.40. The molecule has 1 heteroatoms. The second kappa shape index (κ2) is 5.44. The summed E-state index contributed by atoms with van der Waals surface area (Å²) in [7, 11) is 0. The summed E-state index contributed by atoms with van der Waals surface area (Å²) >= 11 is 0. The Labute approximate surface area is 107 Å².